The van der Waals surface area contributed by atoms with E-state index in [-0.39, 0.29) is 28.0 Å². The maximum absolute atomic E-state index is 6.35. The molecule has 0 spiro atoms. The third kappa shape index (κ3) is 5.70. The first-order chi connectivity index (χ1) is 21.4. The number of ether oxygens (including phenoxy) is 1. The van der Waals surface area contributed by atoms with E-state index >= 15 is 0 Å². The molecule has 0 aliphatic carbocycles. The van der Waals surface area contributed by atoms with Crippen LogP contribution in [0, 0.1) is 18.8 Å². The van der Waals surface area contributed by atoms with Gasteiger partial charge in [-0.05, 0) is 60.0 Å². The number of anilines is 3. The molecule has 7 rings (SSSR count). The van der Waals surface area contributed by atoms with Crippen LogP contribution in [-0.4, -0.2) is 23.5 Å². The van der Waals surface area contributed by atoms with E-state index in [1.807, 2.05) is 72.6 Å². The summed E-state index contributed by atoms with van der Waals surface area (Å²) in [4.78, 5) is 11.3. The van der Waals surface area contributed by atoms with Crippen molar-refractivity contribution in [3.8, 4) is 22.9 Å². The number of aromatic nitrogens is 2. The van der Waals surface area contributed by atoms with Crippen molar-refractivity contribution in [1.82, 2.24) is 9.46 Å². The number of rotatable bonds is 7. The van der Waals surface area contributed by atoms with Crippen molar-refractivity contribution in [2.45, 2.75) is 39.5 Å². The van der Waals surface area contributed by atoms with Crippen LogP contribution < -0.4 is 24.8 Å². The molecule has 0 saturated carbocycles. The molecular weight excluding hydrogens is 736 g/mol. The molecule has 8 heteroatoms. The summed E-state index contributed by atoms with van der Waals surface area (Å²) >= 11 is 0. The molecule has 3 heterocycles. The fourth-order valence-electron chi connectivity index (χ4n) is 6.27. The first-order valence-electron chi connectivity index (χ1n) is 15.2. The summed E-state index contributed by atoms with van der Waals surface area (Å²) < 4.78 is 8.62. The van der Waals surface area contributed by atoms with Gasteiger partial charge in [-0.3, -0.25) is 4.98 Å². The quantitative estimate of drug-likeness (QED) is 0.125. The maximum Gasteiger partial charge on any atom is 0.399 e. The summed E-state index contributed by atoms with van der Waals surface area (Å²) in [5, 5.41) is 0. The Morgan fingerprint density at radius 1 is 0.778 bits per heavy atom. The van der Waals surface area contributed by atoms with Crippen molar-refractivity contribution in [3.63, 3.8) is 0 Å². The molecular formula is C37H35BN5OPt-3. The maximum atomic E-state index is 6.35. The molecule has 0 bridgehead atoms. The fraction of sp³-hybridized carbons (Fsp3) is 0.189. The Kier molecular flexibility index (Phi) is 8.66. The molecule has 0 saturated heterocycles. The van der Waals surface area contributed by atoms with Gasteiger partial charge >= 0.3 is 6.98 Å². The largest absolute Gasteiger partial charge is 0.503 e. The summed E-state index contributed by atoms with van der Waals surface area (Å²) in [5.74, 6) is 2.93. The summed E-state index contributed by atoms with van der Waals surface area (Å²) in [5.41, 5.74) is 8.07. The van der Waals surface area contributed by atoms with Crippen LogP contribution in [0.4, 0.5) is 17.1 Å². The number of para-hydroxylation sites is 1. The van der Waals surface area contributed by atoms with Gasteiger partial charge in [-0.1, -0.05) is 87.5 Å². The average molecular weight is 772 g/mol. The molecule has 2 aliphatic rings. The van der Waals surface area contributed by atoms with E-state index in [4.69, 9.17) is 9.72 Å². The molecule has 0 unspecified atom stereocenters. The molecule has 1 aromatic heterocycles. The minimum atomic E-state index is -0.0126. The molecule has 5 aromatic rings. The number of imidazole rings is 1. The van der Waals surface area contributed by atoms with Gasteiger partial charge in [-0.25, -0.2) is 0 Å². The Hall–Kier alpha value is -4.22. The molecule has 0 N–H and O–H groups in total. The molecule has 0 fully saturated rings. The SMILES string of the molecule is CC(C)c1cccc(C(C)C)c1B1N(C)c2ccc(Oc3[c-]c(N4C=CN(c5ccccc5)[CH-]4)ccc3)[c-]c2-c2nccn21.[Pt]. The Bertz CT molecular complexity index is 1810. The van der Waals surface area contributed by atoms with Gasteiger partial charge < -0.3 is 23.8 Å². The Morgan fingerprint density at radius 3 is 2.20 bits per heavy atom. The summed E-state index contributed by atoms with van der Waals surface area (Å²) in [7, 11) is 2.16. The van der Waals surface area contributed by atoms with Crippen LogP contribution in [0.15, 0.2) is 104 Å². The molecule has 45 heavy (non-hydrogen) atoms. The van der Waals surface area contributed by atoms with Crippen LogP contribution in [0.2, 0.25) is 0 Å². The standard InChI is InChI=1S/C37H35BN5O.Pt/c1-26(2)32-15-10-16-33(27(3)4)36(32)38-40(5)35-18-17-31(24-34(35)37-39-19-20-43(37)38)44-30-14-9-13-29(23-30)42-22-21-41(25-42)28-11-7-6-8-12-28;/h6-22,25-27H,1-5H3;/q-3;. The zero-order valence-corrected chi connectivity index (χ0v) is 28.4. The number of benzene rings is 4. The van der Waals surface area contributed by atoms with Crippen molar-refractivity contribution < 1.29 is 25.8 Å². The van der Waals surface area contributed by atoms with Gasteiger partial charge in [0.2, 0.25) is 0 Å². The molecule has 230 valence electrons. The second kappa shape index (κ2) is 12.6. The van der Waals surface area contributed by atoms with Crippen molar-refractivity contribution in [2.24, 2.45) is 0 Å². The first kappa shape index (κ1) is 30.8. The van der Waals surface area contributed by atoms with Gasteiger partial charge in [0.1, 0.15) is 0 Å². The van der Waals surface area contributed by atoms with Crippen molar-refractivity contribution in [1.29, 1.82) is 0 Å². The van der Waals surface area contributed by atoms with E-state index in [1.165, 1.54) is 16.6 Å². The van der Waals surface area contributed by atoms with E-state index in [0.29, 0.717) is 23.3 Å². The average Bonchev–Trinajstić information content (AvgIpc) is 3.73. The number of hydrogen-bond donors (Lipinski definition) is 0. The fourth-order valence-corrected chi connectivity index (χ4v) is 6.27. The molecule has 2 aliphatic heterocycles. The minimum absolute atomic E-state index is 0. The van der Waals surface area contributed by atoms with E-state index < -0.39 is 0 Å². The normalized spacial score (nSPS) is 13.8. The van der Waals surface area contributed by atoms with Crippen LogP contribution in [0.5, 0.6) is 11.5 Å². The van der Waals surface area contributed by atoms with Crippen LogP contribution in [-0.2, 0) is 21.1 Å². The zero-order chi connectivity index (χ0) is 30.4. The second-order valence-corrected chi connectivity index (χ2v) is 12.0. The van der Waals surface area contributed by atoms with Gasteiger partial charge in [0, 0.05) is 56.5 Å². The van der Waals surface area contributed by atoms with Gasteiger partial charge in [0.05, 0.1) is 0 Å². The molecule has 0 amide bonds. The monoisotopic (exact) mass is 771 g/mol. The second-order valence-electron chi connectivity index (χ2n) is 12.0. The predicted molar refractivity (Wildman–Crippen MR) is 180 cm³/mol. The number of hydrogen-bond acceptors (Lipinski definition) is 5. The van der Waals surface area contributed by atoms with E-state index in [9.17, 15) is 0 Å². The smallest absolute Gasteiger partial charge is 0.399 e. The minimum Gasteiger partial charge on any atom is -0.503 e. The van der Waals surface area contributed by atoms with Gasteiger partial charge in [0.25, 0.3) is 0 Å². The zero-order valence-electron chi connectivity index (χ0n) is 26.1. The van der Waals surface area contributed by atoms with E-state index in [1.54, 1.807) is 0 Å². The number of fused-ring (bicyclic) bond motifs is 3. The predicted octanol–water partition coefficient (Wildman–Crippen LogP) is 7.80. The molecule has 0 radical (unpaired) electrons. The van der Waals surface area contributed by atoms with Gasteiger partial charge in [-0.2, -0.15) is 6.07 Å². The summed E-state index contributed by atoms with van der Waals surface area (Å²) in [6.45, 7) is 11.1. The first-order valence-corrected chi connectivity index (χ1v) is 15.2. The third-order valence-corrected chi connectivity index (χ3v) is 8.42. The molecule has 6 nitrogen and oxygen atoms in total. The van der Waals surface area contributed by atoms with E-state index in [0.717, 1.165) is 28.5 Å². The van der Waals surface area contributed by atoms with Crippen molar-refractivity contribution in [3.05, 3.63) is 134 Å². The summed E-state index contributed by atoms with van der Waals surface area (Å²) in [6.07, 6.45) is 8.01. The van der Waals surface area contributed by atoms with Gasteiger partial charge in [0.15, 0.2) is 0 Å². The van der Waals surface area contributed by atoms with Crippen LogP contribution in [0.1, 0.15) is 50.7 Å². The molecule has 4 aromatic carbocycles. The van der Waals surface area contributed by atoms with Crippen LogP contribution in [0.3, 0.4) is 0 Å². The Balaban J connectivity index is 0.00000357. The third-order valence-electron chi connectivity index (χ3n) is 8.42. The summed E-state index contributed by atoms with van der Waals surface area (Å²) in [6, 6.07) is 34.0. The van der Waals surface area contributed by atoms with Crippen LogP contribution >= 0.6 is 0 Å². The van der Waals surface area contributed by atoms with Crippen molar-refractivity contribution in [2.75, 3.05) is 21.7 Å². The Morgan fingerprint density at radius 2 is 1.47 bits per heavy atom. The van der Waals surface area contributed by atoms with Gasteiger partial charge in [-0.15, -0.1) is 36.6 Å². The van der Waals surface area contributed by atoms with Crippen molar-refractivity contribution >= 4 is 29.5 Å². The van der Waals surface area contributed by atoms with Crippen LogP contribution in [0.25, 0.3) is 11.4 Å². The van der Waals surface area contributed by atoms with E-state index in [2.05, 4.69) is 104 Å². The topological polar surface area (TPSA) is 36.8 Å². The Labute approximate surface area is 281 Å². The number of nitrogens with zero attached hydrogens (tertiary/aromatic N) is 5. The molecule has 0 atom stereocenters.